The van der Waals surface area contributed by atoms with E-state index in [-0.39, 0.29) is 0 Å². The molecule has 0 saturated heterocycles. The van der Waals surface area contributed by atoms with Gasteiger partial charge in [0.15, 0.2) is 0 Å². The zero-order chi connectivity index (χ0) is 7.72. The number of rotatable bonds is 1. The quantitative estimate of drug-likeness (QED) is 0.555. The Morgan fingerprint density at radius 1 is 1.70 bits per heavy atom. The van der Waals surface area contributed by atoms with Gasteiger partial charge in [-0.2, -0.15) is 0 Å². The fraction of sp³-hybridized carbons (Fsp3) is 0.714. The molecule has 1 aliphatic rings. The van der Waals surface area contributed by atoms with Gasteiger partial charge in [0.1, 0.15) is 5.82 Å². The van der Waals surface area contributed by atoms with Gasteiger partial charge in [0.05, 0.1) is 6.17 Å². The van der Waals surface area contributed by atoms with Gasteiger partial charge in [-0.3, -0.25) is 0 Å². The van der Waals surface area contributed by atoms with Crippen LogP contribution in [0.4, 0.5) is 0 Å². The topological polar surface area (TPSA) is 41.3 Å². The first kappa shape index (κ1) is 7.25. The smallest absolute Gasteiger partial charge is 0.114 e. The fourth-order valence-corrected chi connectivity index (χ4v) is 1.22. The molecule has 1 rings (SSSR count). The van der Waals surface area contributed by atoms with E-state index in [0.29, 0.717) is 12.2 Å². The molecule has 1 atom stereocenters. The molecule has 0 spiro atoms. The lowest BCUT2D eigenvalue weighted by Crippen LogP contribution is -2.37. The van der Waals surface area contributed by atoms with Crippen molar-refractivity contribution in [3.05, 3.63) is 12.0 Å². The van der Waals surface area contributed by atoms with Crippen LogP contribution in [0.3, 0.4) is 0 Å². The second-order valence-electron chi connectivity index (χ2n) is 2.95. The molecule has 3 N–H and O–H groups in total. The number of hydrogen-bond acceptors (Lipinski definition) is 3. The Balaban J connectivity index is 2.60. The van der Waals surface area contributed by atoms with Gasteiger partial charge in [0.2, 0.25) is 0 Å². The molecule has 0 aromatic heterocycles. The molecule has 0 amide bonds. The van der Waals surface area contributed by atoms with Gasteiger partial charge in [0.25, 0.3) is 0 Å². The highest BCUT2D eigenvalue weighted by molar-refractivity contribution is 5.03. The van der Waals surface area contributed by atoms with Crippen LogP contribution >= 0.6 is 0 Å². The lowest BCUT2D eigenvalue weighted by Gasteiger charge is -2.25. The maximum absolute atomic E-state index is 5.56. The van der Waals surface area contributed by atoms with E-state index < -0.39 is 0 Å². The lowest BCUT2D eigenvalue weighted by molar-refractivity contribution is 0.246. The van der Waals surface area contributed by atoms with E-state index in [1.165, 1.54) is 0 Å². The standard InChI is InChI=1S/C7H15N3/c1-5(2)10-4-7(8)9-6(10)3/h4-6,9H,8H2,1-3H3. The van der Waals surface area contributed by atoms with Crippen LogP contribution in [0.5, 0.6) is 0 Å². The zero-order valence-corrected chi connectivity index (χ0v) is 6.76. The van der Waals surface area contributed by atoms with Crippen LogP contribution in [0.25, 0.3) is 0 Å². The maximum Gasteiger partial charge on any atom is 0.114 e. The summed E-state index contributed by atoms with van der Waals surface area (Å²) in [6.45, 7) is 6.39. The summed E-state index contributed by atoms with van der Waals surface area (Å²) in [4.78, 5) is 2.19. The number of hydrogen-bond donors (Lipinski definition) is 2. The summed E-state index contributed by atoms with van der Waals surface area (Å²) in [5.74, 6) is 0.765. The number of nitrogens with two attached hydrogens (primary N) is 1. The Hall–Kier alpha value is -0.860. The molecule has 58 valence electrons. The molecule has 0 aromatic carbocycles. The zero-order valence-electron chi connectivity index (χ0n) is 6.76. The van der Waals surface area contributed by atoms with E-state index in [1.807, 2.05) is 6.20 Å². The highest BCUT2D eigenvalue weighted by Gasteiger charge is 2.19. The number of nitrogens with one attached hydrogen (secondary N) is 1. The Morgan fingerprint density at radius 2 is 2.30 bits per heavy atom. The van der Waals surface area contributed by atoms with Crippen molar-refractivity contribution in [1.82, 2.24) is 10.2 Å². The second-order valence-corrected chi connectivity index (χ2v) is 2.95. The van der Waals surface area contributed by atoms with Crippen molar-refractivity contribution < 1.29 is 0 Å². The van der Waals surface area contributed by atoms with Gasteiger partial charge in [-0.1, -0.05) is 0 Å². The van der Waals surface area contributed by atoms with E-state index >= 15 is 0 Å². The molecule has 0 aliphatic carbocycles. The van der Waals surface area contributed by atoms with E-state index in [4.69, 9.17) is 5.73 Å². The molecule has 0 aromatic rings. The van der Waals surface area contributed by atoms with Crippen LogP contribution in [0.1, 0.15) is 20.8 Å². The monoisotopic (exact) mass is 141 g/mol. The average Bonchev–Trinajstić information content (AvgIpc) is 2.10. The van der Waals surface area contributed by atoms with Gasteiger partial charge in [-0.15, -0.1) is 0 Å². The molecule has 1 unspecified atom stereocenters. The van der Waals surface area contributed by atoms with Crippen molar-refractivity contribution in [3.8, 4) is 0 Å². The Bertz CT molecular complexity index is 151. The van der Waals surface area contributed by atoms with Crippen molar-refractivity contribution in [3.63, 3.8) is 0 Å². The van der Waals surface area contributed by atoms with Crippen LogP contribution in [0.2, 0.25) is 0 Å². The highest BCUT2D eigenvalue weighted by Crippen LogP contribution is 2.10. The van der Waals surface area contributed by atoms with Crippen molar-refractivity contribution >= 4 is 0 Å². The van der Waals surface area contributed by atoms with Gasteiger partial charge < -0.3 is 16.0 Å². The molecule has 3 heteroatoms. The van der Waals surface area contributed by atoms with E-state index in [1.54, 1.807) is 0 Å². The van der Waals surface area contributed by atoms with Crippen LogP contribution in [0.15, 0.2) is 12.0 Å². The molecule has 1 aliphatic heterocycles. The first-order valence-electron chi connectivity index (χ1n) is 3.62. The lowest BCUT2D eigenvalue weighted by atomic mass is 10.3. The van der Waals surface area contributed by atoms with Gasteiger partial charge in [0, 0.05) is 12.2 Å². The van der Waals surface area contributed by atoms with Crippen molar-refractivity contribution in [2.24, 2.45) is 5.73 Å². The Kier molecular flexibility index (Phi) is 1.74. The minimum atomic E-state index is 0.347. The summed E-state index contributed by atoms with van der Waals surface area (Å²) in [6, 6.07) is 0.517. The molecule has 0 fully saturated rings. The van der Waals surface area contributed by atoms with Gasteiger partial charge >= 0.3 is 0 Å². The van der Waals surface area contributed by atoms with Crippen molar-refractivity contribution in [2.75, 3.05) is 0 Å². The molecule has 0 radical (unpaired) electrons. The van der Waals surface area contributed by atoms with Crippen molar-refractivity contribution in [1.29, 1.82) is 0 Å². The maximum atomic E-state index is 5.56. The minimum Gasteiger partial charge on any atom is -0.384 e. The van der Waals surface area contributed by atoms with Gasteiger partial charge in [-0.25, -0.2) is 0 Å². The normalized spacial score (nSPS) is 25.0. The predicted octanol–water partition coefficient (Wildman–Crippen LogP) is 0.404. The summed E-state index contributed by atoms with van der Waals surface area (Å²) < 4.78 is 0. The molecule has 10 heavy (non-hydrogen) atoms. The predicted molar refractivity (Wildman–Crippen MR) is 41.8 cm³/mol. The SMILES string of the molecule is CC(C)N1C=C(N)NC1C. The minimum absolute atomic E-state index is 0.347. The largest absolute Gasteiger partial charge is 0.384 e. The summed E-state index contributed by atoms with van der Waals surface area (Å²) in [5, 5.41) is 3.11. The number of nitrogens with zero attached hydrogens (tertiary/aromatic N) is 1. The van der Waals surface area contributed by atoms with Crippen molar-refractivity contribution in [2.45, 2.75) is 33.0 Å². The first-order chi connectivity index (χ1) is 4.61. The summed E-state index contributed by atoms with van der Waals surface area (Å²) >= 11 is 0. The second kappa shape index (κ2) is 2.40. The van der Waals surface area contributed by atoms with Crippen LogP contribution in [-0.2, 0) is 0 Å². The molecule has 1 heterocycles. The third-order valence-corrected chi connectivity index (χ3v) is 1.71. The summed E-state index contributed by atoms with van der Waals surface area (Å²) in [7, 11) is 0. The Morgan fingerprint density at radius 3 is 2.50 bits per heavy atom. The molecule has 0 bridgehead atoms. The van der Waals surface area contributed by atoms with E-state index in [2.05, 4.69) is 31.0 Å². The molecule has 3 nitrogen and oxygen atoms in total. The van der Waals surface area contributed by atoms with E-state index in [9.17, 15) is 0 Å². The highest BCUT2D eigenvalue weighted by atomic mass is 15.3. The molecular weight excluding hydrogens is 126 g/mol. The summed E-state index contributed by atoms with van der Waals surface area (Å²) in [5.41, 5.74) is 5.56. The first-order valence-corrected chi connectivity index (χ1v) is 3.62. The van der Waals surface area contributed by atoms with Crippen LogP contribution in [-0.4, -0.2) is 17.1 Å². The van der Waals surface area contributed by atoms with Crippen LogP contribution < -0.4 is 11.1 Å². The Labute approximate surface area is 61.9 Å². The molecular formula is C7H15N3. The average molecular weight is 141 g/mol. The fourth-order valence-electron chi connectivity index (χ4n) is 1.22. The molecule has 0 saturated carbocycles. The third kappa shape index (κ3) is 1.17. The van der Waals surface area contributed by atoms with Crippen LogP contribution in [0, 0.1) is 0 Å². The third-order valence-electron chi connectivity index (χ3n) is 1.71. The van der Waals surface area contributed by atoms with E-state index in [0.717, 1.165) is 5.82 Å². The van der Waals surface area contributed by atoms with Gasteiger partial charge in [-0.05, 0) is 20.8 Å². The summed E-state index contributed by atoms with van der Waals surface area (Å²) in [6.07, 6.45) is 2.30.